The first-order valence-electron chi connectivity index (χ1n) is 8.58. The van der Waals surface area contributed by atoms with E-state index in [4.69, 9.17) is 0 Å². The Bertz CT molecular complexity index is 1050. The molecule has 0 radical (unpaired) electrons. The molecule has 0 bridgehead atoms. The van der Waals surface area contributed by atoms with Crippen LogP contribution >= 0.6 is 11.3 Å². The molecule has 4 nitrogen and oxygen atoms in total. The molecule has 0 unspecified atom stereocenters. The molecule has 0 aliphatic carbocycles. The van der Waals surface area contributed by atoms with Crippen LogP contribution in [0.25, 0.3) is 22.4 Å². The van der Waals surface area contributed by atoms with Gasteiger partial charge in [-0.05, 0) is 35.4 Å². The van der Waals surface area contributed by atoms with Gasteiger partial charge < -0.3 is 5.32 Å². The Hall–Kier alpha value is -3.31. The van der Waals surface area contributed by atoms with Crippen LogP contribution in [0.1, 0.15) is 15.4 Å². The van der Waals surface area contributed by atoms with E-state index >= 15 is 0 Å². The quantitative estimate of drug-likeness (QED) is 0.548. The second-order valence-corrected chi connectivity index (χ2v) is 6.94. The molecule has 2 aromatic carbocycles. The fourth-order valence-electron chi connectivity index (χ4n) is 2.77. The fraction of sp³-hybridized carbons (Fsp3) is 0.0455. The van der Waals surface area contributed by atoms with Crippen LogP contribution in [0, 0.1) is 0 Å². The molecular formula is C22H17N3OS. The highest BCUT2D eigenvalue weighted by Gasteiger charge is 2.09. The molecule has 1 N–H and O–H groups in total. The van der Waals surface area contributed by atoms with Crippen molar-refractivity contribution in [2.45, 2.75) is 6.54 Å². The minimum atomic E-state index is -0.106. The summed E-state index contributed by atoms with van der Waals surface area (Å²) in [5.41, 5.74) is 4.61. The lowest BCUT2D eigenvalue weighted by Gasteiger charge is -2.06. The predicted octanol–water partition coefficient (Wildman–Crippen LogP) is 4.80. The lowest BCUT2D eigenvalue weighted by atomic mass is 10.0. The first-order valence-corrected chi connectivity index (χ1v) is 9.46. The van der Waals surface area contributed by atoms with Gasteiger partial charge in [0.25, 0.3) is 5.91 Å². The Kier molecular flexibility index (Phi) is 5.03. The molecule has 4 rings (SSSR count). The van der Waals surface area contributed by atoms with Gasteiger partial charge in [-0.25, -0.2) is 4.98 Å². The van der Waals surface area contributed by atoms with Gasteiger partial charge >= 0.3 is 0 Å². The highest BCUT2D eigenvalue weighted by Crippen LogP contribution is 2.22. The third-order valence-electron chi connectivity index (χ3n) is 4.14. The lowest BCUT2D eigenvalue weighted by Crippen LogP contribution is -2.22. The second kappa shape index (κ2) is 7.93. The smallest absolute Gasteiger partial charge is 0.251 e. The molecule has 2 heterocycles. The van der Waals surface area contributed by atoms with Crippen LogP contribution in [0.2, 0.25) is 0 Å². The SMILES string of the molecule is O=C(NCc1nc(-c2cccnc2)cs1)c1cccc(-c2ccccc2)c1. The topological polar surface area (TPSA) is 54.9 Å². The van der Waals surface area contributed by atoms with Gasteiger partial charge in [0.15, 0.2) is 0 Å². The number of thiazole rings is 1. The van der Waals surface area contributed by atoms with Crippen LogP contribution in [0.15, 0.2) is 84.5 Å². The van der Waals surface area contributed by atoms with E-state index in [-0.39, 0.29) is 5.91 Å². The summed E-state index contributed by atoms with van der Waals surface area (Å²) in [7, 11) is 0. The van der Waals surface area contributed by atoms with Crippen LogP contribution in [0.5, 0.6) is 0 Å². The number of pyridine rings is 1. The summed E-state index contributed by atoms with van der Waals surface area (Å²) >= 11 is 1.53. The number of carbonyl (C=O) groups is 1. The molecular weight excluding hydrogens is 354 g/mol. The Balaban J connectivity index is 1.44. The third-order valence-corrected chi connectivity index (χ3v) is 4.99. The van der Waals surface area contributed by atoms with Gasteiger partial charge in [-0.2, -0.15) is 0 Å². The monoisotopic (exact) mass is 371 g/mol. The van der Waals surface area contributed by atoms with Gasteiger partial charge in [-0.1, -0.05) is 42.5 Å². The van der Waals surface area contributed by atoms with E-state index in [1.807, 2.05) is 72.1 Å². The molecule has 27 heavy (non-hydrogen) atoms. The summed E-state index contributed by atoms with van der Waals surface area (Å²) in [5, 5.41) is 5.80. The maximum Gasteiger partial charge on any atom is 0.251 e. The van der Waals surface area contributed by atoms with Crippen molar-refractivity contribution in [1.29, 1.82) is 0 Å². The summed E-state index contributed by atoms with van der Waals surface area (Å²) in [4.78, 5) is 21.2. The minimum Gasteiger partial charge on any atom is -0.346 e. The van der Waals surface area contributed by atoms with E-state index in [0.29, 0.717) is 12.1 Å². The molecule has 5 heteroatoms. The van der Waals surface area contributed by atoms with Crippen LogP contribution in [0.3, 0.4) is 0 Å². The van der Waals surface area contributed by atoms with E-state index in [0.717, 1.165) is 27.4 Å². The number of benzene rings is 2. The zero-order valence-electron chi connectivity index (χ0n) is 14.5. The van der Waals surface area contributed by atoms with E-state index in [1.165, 1.54) is 11.3 Å². The number of hydrogen-bond donors (Lipinski definition) is 1. The second-order valence-electron chi connectivity index (χ2n) is 6.00. The van der Waals surface area contributed by atoms with Crippen molar-refractivity contribution >= 4 is 17.2 Å². The molecule has 2 aromatic heterocycles. The Morgan fingerprint density at radius 2 is 1.74 bits per heavy atom. The summed E-state index contributed by atoms with van der Waals surface area (Å²) < 4.78 is 0. The number of nitrogens with zero attached hydrogens (tertiary/aromatic N) is 2. The largest absolute Gasteiger partial charge is 0.346 e. The maximum atomic E-state index is 12.5. The standard InChI is InChI=1S/C22H17N3OS/c26-22(18-9-4-8-17(12-18)16-6-2-1-3-7-16)24-14-21-25-20(15-27-21)19-10-5-11-23-13-19/h1-13,15H,14H2,(H,24,26). The molecule has 0 fully saturated rings. The van der Waals surface area contributed by atoms with Crippen LogP contribution in [-0.2, 0) is 6.54 Å². The van der Waals surface area contributed by atoms with Crippen molar-refractivity contribution in [3.05, 3.63) is 95.1 Å². The van der Waals surface area contributed by atoms with Gasteiger partial charge in [0, 0.05) is 28.9 Å². The first-order chi connectivity index (χ1) is 13.3. The lowest BCUT2D eigenvalue weighted by molar-refractivity contribution is 0.0951. The van der Waals surface area contributed by atoms with E-state index in [1.54, 1.807) is 12.4 Å². The highest BCUT2D eigenvalue weighted by molar-refractivity contribution is 7.09. The summed E-state index contributed by atoms with van der Waals surface area (Å²) in [6, 6.07) is 21.5. The molecule has 132 valence electrons. The maximum absolute atomic E-state index is 12.5. The van der Waals surface area contributed by atoms with Crippen molar-refractivity contribution in [1.82, 2.24) is 15.3 Å². The van der Waals surface area contributed by atoms with Crippen LogP contribution in [-0.4, -0.2) is 15.9 Å². The van der Waals surface area contributed by atoms with E-state index in [2.05, 4.69) is 15.3 Å². The molecule has 1 amide bonds. The molecule has 0 saturated carbocycles. The fourth-order valence-corrected chi connectivity index (χ4v) is 3.51. The minimum absolute atomic E-state index is 0.106. The highest BCUT2D eigenvalue weighted by atomic mass is 32.1. The number of hydrogen-bond acceptors (Lipinski definition) is 4. The molecule has 0 aliphatic heterocycles. The Morgan fingerprint density at radius 1 is 0.926 bits per heavy atom. The van der Waals surface area contributed by atoms with Crippen molar-refractivity contribution in [2.75, 3.05) is 0 Å². The van der Waals surface area contributed by atoms with Crippen molar-refractivity contribution in [2.24, 2.45) is 0 Å². The average molecular weight is 371 g/mol. The zero-order chi connectivity index (χ0) is 18.5. The summed E-state index contributed by atoms with van der Waals surface area (Å²) in [5.74, 6) is -0.106. The normalized spacial score (nSPS) is 10.5. The Morgan fingerprint density at radius 3 is 2.56 bits per heavy atom. The first kappa shape index (κ1) is 17.1. The average Bonchev–Trinajstić information content (AvgIpc) is 3.22. The number of aromatic nitrogens is 2. The summed E-state index contributed by atoms with van der Waals surface area (Å²) in [6.07, 6.45) is 3.52. The van der Waals surface area contributed by atoms with Crippen molar-refractivity contribution < 1.29 is 4.79 Å². The van der Waals surface area contributed by atoms with Gasteiger partial charge in [0.05, 0.1) is 12.2 Å². The molecule has 4 aromatic rings. The number of rotatable bonds is 5. The predicted molar refractivity (Wildman–Crippen MR) is 108 cm³/mol. The zero-order valence-corrected chi connectivity index (χ0v) is 15.3. The number of carbonyl (C=O) groups excluding carboxylic acids is 1. The molecule has 0 atom stereocenters. The van der Waals surface area contributed by atoms with Crippen molar-refractivity contribution in [3.8, 4) is 22.4 Å². The van der Waals surface area contributed by atoms with Gasteiger partial charge in [0.1, 0.15) is 5.01 Å². The van der Waals surface area contributed by atoms with Gasteiger partial charge in [-0.3, -0.25) is 9.78 Å². The third kappa shape index (κ3) is 4.10. The van der Waals surface area contributed by atoms with E-state index in [9.17, 15) is 4.79 Å². The van der Waals surface area contributed by atoms with Crippen molar-refractivity contribution in [3.63, 3.8) is 0 Å². The summed E-state index contributed by atoms with van der Waals surface area (Å²) in [6.45, 7) is 0.402. The van der Waals surface area contributed by atoms with E-state index < -0.39 is 0 Å². The van der Waals surface area contributed by atoms with Crippen LogP contribution in [0.4, 0.5) is 0 Å². The molecule has 0 saturated heterocycles. The van der Waals surface area contributed by atoms with Gasteiger partial charge in [0.2, 0.25) is 0 Å². The molecule has 0 aliphatic rings. The Labute approximate surface area is 161 Å². The number of nitrogens with one attached hydrogen (secondary N) is 1. The molecule has 0 spiro atoms. The van der Waals surface area contributed by atoms with Crippen LogP contribution < -0.4 is 5.32 Å². The van der Waals surface area contributed by atoms with Gasteiger partial charge in [-0.15, -0.1) is 11.3 Å². The number of amides is 1.